The van der Waals surface area contributed by atoms with Gasteiger partial charge >= 0.3 is 153 Å². The first kappa shape index (κ1) is 30.5. The summed E-state index contributed by atoms with van der Waals surface area (Å²) in [5.41, 5.74) is 1.30. The Bertz CT molecular complexity index is 1660. The van der Waals surface area contributed by atoms with Crippen molar-refractivity contribution < 1.29 is 0 Å². The molecule has 0 fully saturated rings. The van der Waals surface area contributed by atoms with Gasteiger partial charge in [-0.1, -0.05) is 54.1 Å². The van der Waals surface area contributed by atoms with Crippen LogP contribution in [0.15, 0.2) is 221 Å². The predicted octanol–water partition coefficient (Wildman–Crippen LogP) is 8.15. The van der Waals surface area contributed by atoms with Gasteiger partial charge in [0.25, 0.3) is 0 Å². The summed E-state index contributed by atoms with van der Waals surface area (Å²) in [6, 6.07) is 74.8. The van der Waals surface area contributed by atoms with Gasteiger partial charge < -0.3 is 0 Å². The monoisotopic (exact) mass is 654 g/mol. The van der Waals surface area contributed by atoms with Crippen LogP contribution in [0.2, 0.25) is 0 Å². The van der Waals surface area contributed by atoms with Crippen LogP contribution in [-0.2, 0) is 10.9 Å². The summed E-state index contributed by atoms with van der Waals surface area (Å²) in [6.07, 6.45) is 0. The Morgan fingerprint density at radius 2 is 0.533 bits per heavy atom. The van der Waals surface area contributed by atoms with E-state index in [1.165, 1.54) is 36.7 Å². The molecule has 0 spiro atoms. The average Bonchev–Trinajstić information content (AvgIpc) is 3.13. The van der Waals surface area contributed by atoms with Crippen molar-refractivity contribution in [2.75, 3.05) is 0 Å². The first-order valence-electron chi connectivity index (χ1n) is 15.6. The van der Waals surface area contributed by atoms with E-state index in [0.29, 0.717) is 0 Å². The molecule has 0 amide bonds. The summed E-state index contributed by atoms with van der Waals surface area (Å²) in [5, 5.41) is 0. The molecule has 0 saturated heterocycles. The molecule has 0 saturated carbocycles. The zero-order valence-corrected chi connectivity index (χ0v) is 28.9. The van der Waals surface area contributed by atoms with Gasteiger partial charge in [-0.05, 0) is 43.3 Å². The molecule has 0 atom stereocenters. The molecule has 218 valence electrons. The van der Waals surface area contributed by atoms with Crippen molar-refractivity contribution in [2.24, 2.45) is 0 Å². The fourth-order valence-electron chi connectivity index (χ4n) is 6.32. The van der Waals surface area contributed by atoms with E-state index in [1.807, 2.05) is 0 Å². The van der Waals surface area contributed by atoms with Crippen molar-refractivity contribution in [3.8, 4) is 0 Å². The van der Waals surface area contributed by atoms with Crippen LogP contribution in [-0.4, -0.2) is 15.0 Å². The molecule has 0 aliphatic heterocycles. The van der Waals surface area contributed by atoms with Crippen molar-refractivity contribution in [3.05, 3.63) is 212 Å². The molecule has 45 heavy (non-hydrogen) atoms. The molecule has 0 aliphatic carbocycles. The van der Waals surface area contributed by atoms with Crippen molar-refractivity contribution in [1.29, 1.82) is 0 Å². The van der Waals surface area contributed by atoms with E-state index >= 15 is 0 Å². The molecule has 7 aromatic rings. The van der Waals surface area contributed by atoms with E-state index in [9.17, 15) is 0 Å². The van der Waals surface area contributed by atoms with Crippen molar-refractivity contribution in [2.45, 2.75) is 21.6 Å². The summed E-state index contributed by atoms with van der Waals surface area (Å²) in [5.74, 6) is 0. The van der Waals surface area contributed by atoms with Crippen LogP contribution in [0.1, 0.15) is 5.56 Å². The summed E-state index contributed by atoms with van der Waals surface area (Å²) in [7, 11) is -0.0229. The molecule has 0 N–H and O–H groups in total. The van der Waals surface area contributed by atoms with E-state index in [2.05, 4.69) is 213 Å². The number of aryl methyl sites for hydroxylation is 1. The third kappa shape index (κ3) is 6.94. The Labute approximate surface area is 274 Å². The maximum atomic E-state index is 2.32. The van der Waals surface area contributed by atoms with Gasteiger partial charge in [-0.3, -0.25) is 0 Å². The molecule has 7 aromatic carbocycles. The van der Waals surface area contributed by atoms with Gasteiger partial charge in [0.05, 0.1) is 10.9 Å². The SMILES string of the molecule is Cc1ccc([S+](c2ccccc2)c2ccccc2)cc1.c1cc[c]([Ga-]([c]2ccccc2)([c]2ccccc2)[c]2ccccc2)cc1. The van der Waals surface area contributed by atoms with Gasteiger partial charge in [-0.2, -0.15) is 0 Å². The van der Waals surface area contributed by atoms with Crippen LogP contribution in [0.25, 0.3) is 0 Å². The third-order valence-electron chi connectivity index (χ3n) is 8.41. The normalized spacial score (nSPS) is 11.0. The Morgan fingerprint density at radius 3 is 0.822 bits per heavy atom. The molecule has 0 heterocycles. The molecule has 0 aliphatic rings. The molecule has 0 unspecified atom stereocenters. The van der Waals surface area contributed by atoms with E-state index in [-0.39, 0.29) is 10.9 Å². The first-order chi connectivity index (χ1) is 22.3. The Morgan fingerprint density at radius 1 is 0.289 bits per heavy atom. The van der Waals surface area contributed by atoms with Gasteiger partial charge in [0, 0.05) is 0 Å². The van der Waals surface area contributed by atoms with Gasteiger partial charge in [-0.25, -0.2) is 0 Å². The van der Waals surface area contributed by atoms with Crippen LogP contribution in [0.5, 0.6) is 0 Å². The maximum absolute atomic E-state index is 3.21. The minimum atomic E-state index is -3.21. The van der Waals surface area contributed by atoms with E-state index in [0.717, 1.165) is 0 Å². The fraction of sp³-hybridized carbons (Fsp3) is 0.0233. The molecule has 0 bridgehead atoms. The van der Waals surface area contributed by atoms with Gasteiger partial charge in [-0.15, -0.1) is 0 Å². The van der Waals surface area contributed by atoms with E-state index < -0.39 is 15.0 Å². The zero-order valence-electron chi connectivity index (χ0n) is 25.6. The molecule has 0 radical (unpaired) electrons. The van der Waals surface area contributed by atoms with Crippen LogP contribution in [0.3, 0.4) is 0 Å². The van der Waals surface area contributed by atoms with Crippen molar-refractivity contribution >= 4 is 42.4 Å². The average molecular weight is 656 g/mol. The minimum absolute atomic E-state index is 0.0229. The first-order valence-corrected chi connectivity index (χ1v) is 21.6. The molecular formula is C43H37GaS. The molecule has 0 aromatic heterocycles. The van der Waals surface area contributed by atoms with Crippen LogP contribution >= 0.6 is 0 Å². The molecule has 2 heteroatoms. The van der Waals surface area contributed by atoms with Crippen molar-refractivity contribution in [3.63, 3.8) is 0 Å². The van der Waals surface area contributed by atoms with Crippen LogP contribution < -0.4 is 16.5 Å². The third-order valence-corrected chi connectivity index (χ3v) is 22.3. The Hall–Kier alpha value is -4.47. The van der Waals surface area contributed by atoms with E-state index in [1.54, 1.807) is 0 Å². The fourth-order valence-corrected chi connectivity index (χ4v) is 20.0. The number of hydrogen-bond donors (Lipinski definition) is 0. The van der Waals surface area contributed by atoms with Crippen LogP contribution in [0, 0.1) is 6.92 Å². The van der Waals surface area contributed by atoms with E-state index in [4.69, 9.17) is 0 Å². The quantitative estimate of drug-likeness (QED) is 0.120. The second kappa shape index (κ2) is 15.0. The predicted molar refractivity (Wildman–Crippen MR) is 196 cm³/mol. The second-order valence-electron chi connectivity index (χ2n) is 11.3. The van der Waals surface area contributed by atoms with Gasteiger partial charge in [0.2, 0.25) is 0 Å². The molecule has 0 nitrogen and oxygen atoms in total. The second-order valence-corrected chi connectivity index (χ2v) is 22.5. The van der Waals surface area contributed by atoms with Crippen LogP contribution in [0.4, 0.5) is 0 Å². The van der Waals surface area contributed by atoms with Gasteiger partial charge in [0.15, 0.2) is 14.7 Å². The number of hydrogen-bond acceptors (Lipinski definition) is 0. The topological polar surface area (TPSA) is 0 Å². The molecule has 7 rings (SSSR count). The summed E-state index contributed by atoms with van der Waals surface area (Å²) >= 11 is -3.21. The summed E-state index contributed by atoms with van der Waals surface area (Å²) in [6.45, 7) is 2.13. The standard InChI is InChI=1S/C19H17S.4C6H5.Ga/c1-16-12-14-19(15-13-16)20(17-8-4-2-5-9-17)18-10-6-3-7-11-18;4*1-2-4-6-5-3-1;/h2-15H,1H3;4*1-5H;/q+1;;;;;-1. The Balaban J connectivity index is 0.000000163. The summed E-state index contributed by atoms with van der Waals surface area (Å²) in [4.78, 5) is 4.10. The van der Waals surface area contributed by atoms with Crippen molar-refractivity contribution in [1.82, 2.24) is 0 Å². The number of rotatable bonds is 7. The zero-order chi connectivity index (χ0) is 30.7. The Kier molecular flexibility index (Phi) is 10.2. The number of benzene rings is 7. The van der Waals surface area contributed by atoms with Gasteiger partial charge in [0.1, 0.15) is 0 Å². The molecular weight excluding hydrogens is 618 g/mol. The summed E-state index contributed by atoms with van der Waals surface area (Å²) < 4.78 is 5.92.